The second-order valence-electron chi connectivity index (χ2n) is 3.86. The number of carboxylic acid groups (broad SMARTS) is 1. The zero-order valence-corrected chi connectivity index (χ0v) is 10.6. The summed E-state index contributed by atoms with van der Waals surface area (Å²) in [4.78, 5) is 11.7. The van der Waals surface area contributed by atoms with E-state index in [9.17, 15) is 4.79 Å². The minimum atomic E-state index is -0.823. The van der Waals surface area contributed by atoms with Gasteiger partial charge in [-0.25, -0.2) is 0 Å². The van der Waals surface area contributed by atoms with Crippen LogP contribution in [-0.4, -0.2) is 17.6 Å². The van der Waals surface area contributed by atoms with Gasteiger partial charge in [0, 0.05) is 27.1 Å². The Bertz CT molecular complexity index is 552. The summed E-state index contributed by atoms with van der Waals surface area (Å²) in [5.41, 5.74) is 5.62. The molecule has 0 aliphatic heterocycles. The van der Waals surface area contributed by atoms with Gasteiger partial charge in [0.25, 0.3) is 0 Å². The zero-order valence-electron chi connectivity index (χ0n) is 9.02. The van der Waals surface area contributed by atoms with Crippen LogP contribution < -0.4 is 5.73 Å². The molecule has 0 saturated carbocycles. The molecule has 0 aliphatic rings. The van der Waals surface area contributed by atoms with Crippen LogP contribution >= 0.6 is 22.9 Å². The van der Waals surface area contributed by atoms with Crippen molar-refractivity contribution in [3.8, 4) is 0 Å². The molecule has 2 rings (SSSR count). The molecule has 1 atom stereocenters. The molecule has 5 heteroatoms. The van der Waals surface area contributed by atoms with Crippen molar-refractivity contribution in [2.75, 3.05) is 6.54 Å². The number of carbonyl (C=O) groups is 1. The van der Waals surface area contributed by atoms with Crippen molar-refractivity contribution in [2.24, 2.45) is 5.73 Å². The summed E-state index contributed by atoms with van der Waals surface area (Å²) in [5, 5.41) is 10.6. The Morgan fingerprint density at radius 3 is 2.88 bits per heavy atom. The zero-order chi connectivity index (χ0) is 12.4. The second-order valence-corrected chi connectivity index (χ2v) is 5.41. The molecule has 2 aromatic rings. The van der Waals surface area contributed by atoms with Crippen LogP contribution in [-0.2, 0) is 4.79 Å². The molecule has 1 unspecified atom stereocenters. The molecular formula is C12H12ClNO2S. The van der Waals surface area contributed by atoms with Crippen LogP contribution in [0.2, 0.25) is 5.02 Å². The van der Waals surface area contributed by atoms with Crippen LogP contribution in [0, 0.1) is 0 Å². The molecule has 0 amide bonds. The monoisotopic (exact) mass is 269 g/mol. The summed E-state index contributed by atoms with van der Waals surface area (Å²) >= 11 is 7.49. The average Bonchev–Trinajstić information content (AvgIpc) is 2.68. The first-order chi connectivity index (χ1) is 8.10. The minimum Gasteiger partial charge on any atom is -0.481 e. The fourth-order valence-corrected chi connectivity index (χ4v) is 3.09. The van der Waals surface area contributed by atoms with Gasteiger partial charge in [-0.05, 0) is 29.7 Å². The Kier molecular flexibility index (Phi) is 3.66. The van der Waals surface area contributed by atoms with Gasteiger partial charge < -0.3 is 10.8 Å². The molecule has 3 nitrogen and oxygen atoms in total. The standard InChI is InChI=1S/C12H12ClNO2S/c13-9-1-2-10-7(3-9)4-11(17-10)8(6-14)5-12(15)16/h1-4,8H,5-6,14H2,(H,15,16). The molecule has 0 aliphatic carbocycles. The number of benzene rings is 1. The molecule has 90 valence electrons. The van der Waals surface area contributed by atoms with Gasteiger partial charge >= 0.3 is 5.97 Å². The maximum atomic E-state index is 10.7. The van der Waals surface area contributed by atoms with Crippen LogP contribution in [0.3, 0.4) is 0 Å². The van der Waals surface area contributed by atoms with Gasteiger partial charge in [0.15, 0.2) is 0 Å². The predicted molar refractivity (Wildman–Crippen MR) is 70.9 cm³/mol. The van der Waals surface area contributed by atoms with Gasteiger partial charge in [-0.2, -0.15) is 0 Å². The van der Waals surface area contributed by atoms with E-state index in [0.29, 0.717) is 11.6 Å². The van der Waals surface area contributed by atoms with E-state index in [-0.39, 0.29) is 12.3 Å². The van der Waals surface area contributed by atoms with Crippen molar-refractivity contribution in [3.63, 3.8) is 0 Å². The first-order valence-electron chi connectivity index (χ1n) is 5.21. The van der Waals surface area contributed by atoms with Crippen LogP contribution in [0.25, 0.3) is 10.1 Å². The van der Waals surface area contributed by atoms with Crippen molar-refractivity contribution >= 4 is 39.0 Å². The third-order valence-electron chi connectivity index (χ3n) is 2.61. The molecule has 0 fully saturated rings. The number of rotatable bonds is 4. The molecule has 1 heterocycles. The van der Waals surface area contributed by atoms with Crippen molar-refractivity contribution in [3.05, 3.63) is 34.2 Å². The Balaban J connectivity index is 2.37. The Morgan fingerprint density at radius 2 is 2.24 bits per heavy atom. The first-order valence-corrected chi connectivity index (χ1v) is 6.40. The highest BCUT2D eigenvalue weighted by Gasteiger charge is 2.16. The molecule has 0 radical (unpaired) electrons. The maximum absolute atomic E-state index is 10.7. The highest BCUT2D eigenvalue weighted by molar-refractivity contribution is 7.19. The summed E-state index contributed by atoms with van der Waals surface area (Å²) in [6.07, 6.45) is 0.0665. The van der Waals surface area contributed by atoms with Crippen molar-refractivity contribution in [1.29, 1.82) is 0 Å². The molecule has 0 spiro atoms. The fourth-order valence-electron chi connectivity index (χ4n) is 1.75. The van der Waals surface area contributed by atoms with E-state index < -0.39 is 5.97 Å². The molecule has 0 bridgehead atoms. The highest BCUT2D eigenvalue weighted by Crippen LogP contribution is 2.33. The van der Waals surface area contributed by atoms with Crippen LogP contribution in [0.5, 0.6) is 0 Å². The number of nitrogens with two attached hydrogens (primary N) is 1. The second kappa shape index (κ2) is 5.04. The number of hydrogen-bond donors (Lipinski definition) is 2. The average molecular weight is 270 g/mol. The molecule has 1 aromatic carbocycles. The van der Waals surface area contributed by atoms with E-state index in [4.69, 9.17) is 22.4 Å². The first kappa shape index (κ1) is 12.4. The van der Waals surface area contributed by atoms with Crippen molar-refractivity contribution in [1.82, 2.24) is 0 Å². The van der Waals surface area contributed by atoms with E-state index in [1.807, 2.05) is 24.3 Å². The van der Waals surface area contributed by atoms with Gasteiger partial charge in [-0.3, -0.25) is 4.79 Å². The lowest BCUT2D eigenvalue weighted by Gasteiger charge is -2.08. The lowest BCUT2D eigenvalue weighted by atomic mass is 10.0. The number of aliphatic carboxylic acids is 1. The maximum Gasteiger partial charge on any atom is 0.304 e. The highest BCUT2D eigenvalue weighted by atomic mass is 35.5. The fraction of sp³-hybridized carbons (Fsp3) is 0.250. The van der Waals surface area contributed by atoms with Gasteiger partial charge in [-0.15, -0.1) is 11.3 Å². The van der Waals surface area contributed by atoms with Gasteiger partial charge in [0.05, 0.1) is 6.42 Å². The van der Waals surface area contributed by atoms with E-state index in [1.165, 1.54) is 0 Å². The quantitative estimate of drug-likeness (QED) is 0.897. The van der Waals surface area contributed by atoms with E-state index in [1.54, 1.807) is 11.3 Å². The van der Waals surface area contributed by atoms with Gasteiger partial charge in [0.2, 0.25) is 0 Å². The number of halogens is 1. The topological polar surface area (TPSA) is 63.3 Å². The molecular weight excluding hydrogens is 258 g/mol. The van der Waals surface area contributed by atoms with Crippen LogP contribution in [0.4, 0.5) is 0 Å². The third-order valence-corrected chi connectivity index (χ3v) is 4.12. The third kappa shape index (κ3) is 2.77. The van der Waals surface area contributed by atoms with Gasteiger partial charge in [0.1, 0.15) is 0 Å². The largest absolute Gasteiger partial charge is 0.481 e. The van der Waals surface area contributed by atoms with Crippen LogP contribution in [0.1, 0.15) is 17.2 Å². The van der Waals surface area contributed by atoms with E-state index in [2.05, 4.69) is 0 Å². The molecule has 3 N–H and O–H groups in total. The smallest absolute Gasteiger partial charge is 0.304 e. The summed E-state index contributed by atoms with van der Waals surface area (Å²) in [6.45, 7) is 0.340. The number of carboxylic acids is 1. The lowest BCUT2D eigenvalue weighted by Crippen LogP contribution is -2.15. The number of hydrogen-bond acceptors (Lipinski definition) is 3. The van der Waals surface area contributed by atoms with E-state index in [0.717, 1.165) is 15.0 Å². The minimum absolute atomic E-state index is 0.0665. The molecule has 1 aromatic heterocycles. The number of fused-ring (bicyclic) bond motifs is 1. The van der Waals surface area contributed by atoms with Crippen molar-refractivity contribution < 1.29 is 9.90 Å². The number of thiophene rings is 1. The lowest BCUT2D eigenvalue weighted by molar-refractivity contribution is -0.137. The normalized spacial score (nSPS) is 12.8. The van der Waals surface area contributed by atoms with Crippen LogP contribution in [0.15, 0.2) is 24.3 Å². The summed E-state index contributed by atoms with van der Waals surface area (Å²) < 4.78 is 1.10. The van der Waals surface area contributed by atoms with E-state index >= 15 is 0 Å². The predicted octanol–water partition coefficient (Wildman–Crippen LogP) is 3.07. The van der Waals surface area contributed by atoms with Crippen molar-refractivity contribution in [2.45, 2.75) is 12.3 Å². The SMILES string of the molecule is NCC(CC(=O)O)c1cc2cc(Cl)ccc2s1. The molecule has 17 heavy (non-hydrogen) atoms. The van der Waals surface area contributed by atoms with Gasteiger partial charge in [-0.1, -0.05) is 11.6 Å². The Morgan fingerprint density at radius 1 is 1.47 bits per heavy atom. The molecule has 0 saturated heterocycles. The Hall–Kier alpha value is -1.10. The summed E-state index contributed by atoms with van der Waals surface area (Å²) in [5.74, 6) is -0.945. The summed E-state index contributed by atoms with van der Waals surface area (Å²) in [7, 11) is 0. The Labute approximate surface area is 108 Å². The summed E-state index contributed by atoms with van der Waals surface area (Å²) in [6, 6.07) is 7.64.